The first-order chi connectivity index (χ1) is 15.5. The molecule has 168 valence electrons. The van der Waals surface area contributed by atoms with E-state index in [0.29, 0.717) is 34.0 Å². The summed E-state index contributed by atoms with van der Waals surface area (Å²) in [5.41, 5.74) is 2.66. The fourth-order valence-corrected chi connectivity index (χ4v) is 5.62. The lowest BCUT2D eigenvalue weighted by atomic mass is 9.95. The Morgan fingerprint density at radius 2 is 1.88 bits per heavy atom. The SMILES string of the molecule is CCOC(=O)c1c(NC(=O)Nc2nnc(N(C)Cc3ccccc3)s2)sc2c1CCCC2. The van der Waals surface area contributed by atoms with Gasteiger partial charge in [-0.15, -0.1) is 21.5 Å². The van der Waals surface area contributed by atoms with Crippen LogP contribution >= 0.6 is 22.7 Å². The van der Waals surface area contributed by atoms with E-state index in [-0.39, 0.29) is 5.97 Å². The van der Waals surface area contributed by atoms with Crippen molar-refractivity contribution in [3.8, 4) is 0 Å². The third-order valence-corrected chi connectivity index (χ3v) is 7.26. The Kier molecular flexibility index (Phi) is 7.01. The standard InChI is InChI=1S/C22H25N5O3S2/c1-3-30-19(28)17-15-11-7-8-12-16(15)31-18(17)23-20(29)24-21-25-26-22(32-21)27(2)13-14-9-5-4-6-10-14/h4-6,9-10H,3,7-8,11-13H2,1-2H3,(H2,23,24,25,29). The fourth-order valence-electron chi connectivity index (χ4n) is 3.65. The van der Waals surface area contributed by atoms with E-state index in [9.17, 15) is 9.59 Å². The van der Waals surface area contributed by atoms with Gasteiger partial charge in [0.15, 0.2) is 0 Å². The highest BCUT2D eigenvalue weighted by molar-refractivity contribution is 7.19. The van der Waals surface area contributed by atoms with Crippen molar-refractivity contribution in [1.82, 2.24) is 10.2 Å². The number of nitrogens with one attached hydrogen (secondary N) is 2. The number of carbonyl (C=O) groups excluding carboxylic acids is 2. The predicted molar refractivity (Wildman–Crippen MR) is 128 cm³/mol. The Balaban J connectivity index is 1.43. The van der Waals surface area contributed by atoms with Crippen molar-refractivity contribution in [3.05, 3.63) is 51.9 Å². The largest absolute Gasteiger partial charge is 0.462 e. The summed E-state index contributed by atoms with van der Waals surface area (Å²) in [6, 6.07) is 9.60. The van der Waals surface area contributed by atoms with Gasteiger partial charge in [-0.1, -0.05) is 41.7 Å². The molecule has 0 saturated carbocycles. The van der Waals surface area contributed by atoms with Crippen molar-refractivity contribution in [2.45, 2.75) is 39.2 Å². The Morgan fingerprint density at radius 1 is 1.09 bits per heavy atom. The van der Waals surface area contributed by atoms with Gasteiger partial charge in [0.1, 0.15) is 5.00 Å². The molecule has 2 N–H and O–H groups in total. The zero-order valence-corrected chi connectivity index (χ0v) is 19.6. The number of amides is 2. The molecule has 2 aromatic heterocycles. The number of hydrogen-bond acceptors (Lipinski definition) is 8. The summed E-state index contributed by atoms with van der Waals surface area (Å²) in [4.78, 5) is 28.3. The van der Waals surface area contributed by atoms with Crippen molar-refractivity contribution in [1.29, 1.82) is 0 Å². The second-order valence-corrected chi connectivity index (χ2v) is 9.51. The first-order valence-corrected chi connectivity index (χ1v) is 12.2. The molecule has 0 bridgehead atoms. The van der Waals surface area contributed by atoms with E-state index in [4.69, 9.17) is 4.74 Å². The molecule has 0 spiro atoms. The quantitative estimate of drug-likeness (QED) is 0.474. The van der Waals surface area contributed by atoms with Gasteiger partial charge in [0.25, 0.3) is 0 Å². The van der Waals surface area contributed by atoms with E-state index in [2.05, 4.69) is 20.8 Å². The normalized spacial score (nSPS) is 12.7. The fraction of sp³-hybridized carbons (Fsp3) is 0.364. The molecule has 10 heteroatoms. The van der Waals surface area contributed by atoms with Crippen molar-refractivity contribution in [2.75, 3.05) is 29.2 Å². The molecule has 0 aliphatic heterocycles. The number of ether oxygens (including phenoxy) is 1. The summed E-state index contributed by atoms with van der Waals surface area (Å²) in [6.07, 6.45) is 3.87. The van der Waals surface area contributed by atoms with Crippen LogP contribution in [0.15, 0.2) is 30.3 Å². The Bertz CT molecular complexity index is 1100. The lowest BCUT2D eigenvalue weighted by Crippen LogP contribution is -2.20. The highest BCUT2D eigenvalue weighted by Crippen LogP contribution is 2.38. The zero-order valence-electron chi connectivity index (χ0n) is 18.0. The van der Waals surface area contributed by atoms with Crippen LogP contribution < -0.4 is 15.5 Å². The van der Waals surface area contributed by atoms with Gasteiger partial charge in [-0.05, 0) is 43.7 Å². The third kappa shape index (κ3) is 5.08. The van der Waals surface area contributed by atoms with E-state index in [1.165, 1.54) is 22.7 Å². The number of benzene rings is 1. The van der Waals surface area contributed by atoms with Crippen molar-refractivity contribution in [2.24, 2.45) is 0 Å². The van der Waals surface area contributed by atoms with Crippen LogP contribution in [0.4, 0.5) is 20.1 Å². The number of rotatable bonds is 7. The first kappa shape index (κ1) is 22.2. The number of anilines is 3. The number of urea groups is 1. The molecule has 32 heavy (non-hydrogen) atoms. The second kappa shape index (κ2) is 10.1. The van der Waals surface area contributed by atoms with Gasteiger partial charge in [0, 0.05) is 18.5 Å². The van der Waals surface area contributed by atoms with Crippen LogP contribution in [-0.4, -0.2) is 35.9 Å². The highest BCUT2D eigenvalue weighted by atomic mass is 32.1. The minimum absolute atomic E-state index is 0.291. The van der Waals surface area contributed by atoms with Gasteiger partial charge >= 0.3 is 12.0 Å². The Labute approximate surface area is 194 Å². The van der Waals surface area contributed by atoms with Gasteiger partial charge in [-0.25, -0.2) is 9.59 Å². The third-order valence-electron chi connectivity index (χ3n) is 5.10. The molecule has 0 unspecified atom stereocenters. The van der Waals surface area contributed by atoms with E-state index < -0.39 is 6.03 Å². The molecule has 1 aliphatic carbocycles. The first-order valence-electron chi connectivity index (χ1n) is 10.5. The molecule has 0 saturated heterocycles. The molecule has 0 radical (unpaired) electrons. The summed E-state index contributed by atoms with van der Waals surface area (Å²) >= 11 is 2.74. The Hall–Kier alpha value is -2.98. The van der Waals surface area contributed by atoms with Gasteiger partial charge in [0.05, 0.1) is 12.2 Å². The number of hydrogen-bond donors (Lipinski definition) is 2. The minimum Gasteiger partial charge on any atom is -0.462 e. The molecular weight excluding hydrogens is 446 g/mol. The molecule has 0 atom stereocenters. The maximum Gasteiger partial charge on any atom is 0.341 e. The second-order valence-electron chi connectivity index (χ2n) is 7.45. The van der Waals surface area contributed by atoms with Crippen molar-refractivity contribution in [3.63, 3.8) is 0 Å². The van der Waals surface area contributed by atoms with E-state index in [1.807, 2.05) is 42.3 Å². The number of aryl methyl sites for hydroxylation is 1. The lowest BCUT2D eigenvalue weighted by molar-refractivity contribution is 0.0526. The molecule has 2 heterocycles. The average molecular weight is 472 g/mol. The van der Waals surface area contributed by atoms with Crippen molar-refractivity contribution < 1.29 is 14.3 Å². The van der Waals surface area contributed by atoms with Crippen LogP contribution in [0.5, 0.6) is 0 Å². The summed E-state index contributed by atoms with van der Waals surface area (Å²) in [5.74, 6) is -0.386. The van der Waals surface area contributed by atoms with Gasteiger partial charge in [-0.2, -0.15) is 0 Å². The lowest BCUT2D eigenvalue weighted by Gasteiger charge is -2.14. The maximum absolute atomic E-state index is 12.7. The smallest absolute Gasteiger partial charge is 0.341 e. The Morgan fingerprint density at radius 3 is 2.66 bits per heavy atom. The number of esters is 1. The van der Waals surface area contributed by atoms with Crippen LogP contribution in [-0.2, 0) is 24.1 Å². The number of thiophene rings is 1. The molecule has 8 nitrogen and oxygen atoms in total. The number of fused-ring (bicyclic) bond motifs is 1. The molecule has 4 rings (SSSR count). The molecule has 3 aromatic rings. The predicted octanol–water partition coefficient (Wildman–Crippen LogP) is 4.94. The number of aromatic nitrogens is 2. The highest BCUT2D eigenvalue weighted by Gasteiger charge is 2.27. The number of nitrogens with zero attached hydrogens (tertiary/aromatic N) is 3. The monoisotopic (exact) mass is 471 g/mol. The van der Waals surface area contributed by atoms with Crippen LogP contribution in [0.2, 0.25) is 0 Å². The van der Waals surface area contributed by atoms with Crippen LogP contribution in [0.3, 0.4) is 0 Å². The summed E-state index contributed by atoms with van der Waals surface area (Å²) in [7, 11) is 1.93. The van der Waals surface area contributed by atoms with Crippen LogP contribution in [0, 0.1) is 0 Å². The van der Waals surface area contributed by atoms with E-state index in [0.717, 1.165) is 41.7 Å². The van der Waals surface area contributed by atoms with Crippen LogP contribution in [0.25, 0.3) is 0 Å². The average Bonchev–Trinajstić information content (AvgIpc) is 3.39. The van der Waals surface area contributed by atoms with Crippen LogP contribution in [0.1, 0.15) is 46.1 Å². The summed E-state index contributed by atoms with van der Waals surface area (Å²) in [5, 5.41) is 15.4. The topological polar surface area (TPSA) is 96.4 Å². The summed E-state index contributed by atoms with van der Waals surface area (Å²) in [6.45, 7) is 2.75. The summed E-state index contributed by atoms with van der Waals surface area (Å²) < 4.78 is 5.24. The van der Waals surface area contributed by atoms with Gasteiger partial charge < -0.3 is 9.64 Å². The molecule has 2 amide bonds. The van der Waals surface area contributed by atoms with E-state index >= 15 is 0 Å². The molecular formula is C22H25N5O3S2. The molecule has 1 aliphatic rings. The number of carbonyl (C=O) groups is 2. The minimum atomic E-state index is -0.456. The maximum atomic E-state index is 12.7. The zero-order chi connectivity index (χ0) is 22.5. The van der Waals surface area contributed by atoms with Gasteiger partial charge in [-0.3, -0.25) is 10.6 Å². The molecule has 1 aromatic carbocycles. The van der Waals surface area contributed by atoms with E-state index in [1.54, 1.807) is 6.92 Å². The van der Waals surface area contributed by atoms with Gasteiger partial charge in [0.2, 0.25) is 10.3 Å². The molecule has 0 fully saturated rings. The van der Waals surface area contributed by atoms with Crippen molar-refractivity contribution >= 4 is 49.9 Å².